The average Bonchev–Trinajstić information content (AvgIpc) is 2.84. The van der Waals surface area contributed by atoms with E-state index in [-0.39, 0.29) is 5.91 Å². The Bertz CT molecular complexity index is 1220. The maximum Gasteiger partial charge on any atom is 0.274 e. The highest BCUT2D eigenvalue weighted by atomic mass is 16.2. The fourth-order valence-corrected chi connectivity index (χ4v) is 4.00. The van der Waals surface area contributed by atoms with Crippen molar-refractivity contribution in [3.63, 3.8) is 0 Å². The molecule has 0 N–H and O–H groups in total. The second kappa shape index (κ2) is 8.18. The molecule has 0 radical (unpaired) electrons. The summed E-state index contributed by atoms with van der Waals surface area (Å²) in [5.74, 6) is 0.266. The molecule has 4 aromatic heterocycles. The fraction of sp³-hybridized carbons (Fsp3) is 0.250. The van der Waals surface area contributed by atoms with Gasteiger partial charge < -0.3 is 4.90 Å². The smallest absolute Gasteiger partial charge is 0.274 e. The molecule has 5 heterocycles. The number of piperidine rings is 1. The minimum Gasteiger partial charge on any atom is -0.337 e. The van der Waals surface area contributed by atoms with Crippen LogP contribution in [0.4, 0.5) is 0 Å². The summed E-state index contributed by atoms with van der Waals surface area (Å²) >= 11 is 0. The number of carbonyl (C=O) groups excluding carboxylic acids is 1. The van der Waals surface area contributed by atoms with Gasteiger partial charge in [0.2, 0.25) is 0 Å². The van der Waals surface area contributed by atoms with E-state index >= 15 is 0 Å². The van der Waals surface area contributed by atoms with Crippen LogP contribution >= 0.6 is 0 Å². The number of rotatable bonds is 3. The summed E-state index contributed by atoms with van der Waals surface area (Å²) in [5.41, 5.74) is 5.14. The van der Waals surface area contributed by atoms with Gasteiger partial charge in [0.15, 0.2) is 5.65 Å². The Labute approximate surface area is 180 Å². The zero-order valence-electron chi connectivity index (χ0n) is 17.3. The SMILES string of the molecule is Cc1cnc(C(=O)N2CCC(c3ccc4cc(-c5ccncc5)cnc4n3)CC2)cn1. The summed E-state index contributed by atoms with van der Waals surface area (Å²) in [5, 5.41) is 1.02. The molecule has 1 saturated heterocycles. The lowest BCUT2D eigenvalue weighted by Gasteiger charge is -2.31. The number of hydrogen-bond acceptors (Lipinski definition) is 6. The summed E-state index contributed by atoms with van der Waals surface area (Å²) in [7, 11) is 0. The predicted molar refractivity (Wildman–Crippen MR) is 117 cm³/mol. The van der Waals surface area contributed by atoms with E-state index in [0.717, 1.165) is 46.4 Å². The van der Waals surface area contributed by atoms with Crippen LogP contribution in [0.3, 0.4) is 0 Å². The first-order valence-electron chi connectivity index (χ1n) is 10.4. The predicted octanol–water partition coefficient (Wildman–Crippen LogP) is 3.81. The lowest BCUT2D eigenvalue weighted by atomic mass is 9.92. The van der Waals surface area contributed by atoms with Crippen molar-refractivity contribution < 1.29 is 4.79 Å². The highest BCUT2D eigenvalue weighted by Gasteiger charge is 2.26. The molecule has 0 aliphatic carbocycles. The first-order chi connectivity index (χ1) is 15.2. The third kappa shape index (κ3) is 3.99. The molecule has 1 aliphatic rings. The molecule has 5 rings (SSSR count). The molecule has 154 valence electrons. The third-order valence-electron chi connectivity index (χ3n) is 5.78. The number of aromatic nitrogens is 5. The summed E-state index contributed by atoms with van der Waals surface area (Å²) in [6.45, 7) is 3.23. The summed E-state index contributed by atoms with van der Waals surface area (Å²) < 4.78 is 0. The number of aryl methyl sites for hydroxylation is 1. The molecule has 4 aromatic rings. The molecule has 0 aromatic carbocycles. The lowest BCUT2D eigenvalue weighted by Crippen LogP contribution is -2.38. The second-order valence-corrected chi connectivity index (χ2v) is 7.85. The quantitative estimate of drug-likeness (QED) is 0.511. The van der Waals surface area contributed by atoms with Gasteiger partial charge in [0.05, 0.1) is 11.9 Å². The normalized spacial score (nSPS) is 14.7. The van der Waals surface area contributed by atoms with Crippen LogP contribution in [0.5, 0.6) is 0 Å². The van der Waals surface area contributed by atoms with Crippen LogP contribution in [0.15, 0.2) is 61.3 Å². The van der Waals surface area contributed by atoms with E-state index in [0.29, 0.717) is 24.7 Å². The van der Waals surface area contributed by atoms with Crippen LogP contribution in [-0.4, -0.2) is 48.8 Å². The van der Waals surface area contributed by atoms with Crippen LogP contribution in [-0.2, 0) is 0 Å². The van der Waals surface area contributed by atoms with Crippen molar-refractivity contribution in [3.05, 3.63) is 78.4 Å². The van der Waals surface area contributed by atoms with Gasteiger partial charge >= 0.3 is 0 Å². The Morgan fingerprint density at radius 1 is 0.935 bits per heavy atom. The van der Waals surface area contributed by atoms with Crippen LogP contribution in [0.1, 0.15) is 40.6 Å². The summed E-state index contributed by atoms with van der Waals surface area (Å²) in [6, 6.07) is 10.2. The van der Waals surface area contributed by atoms with Crippen molar-refractivity contribution in [2.24, 2.45) is 0 Å². The van der Waals surface area contributed by atoms with Gasteiger partial charge in [-0.05, 0) is 55.7 Å². The van der Waals surface area contributed by atoms with E-state index in [1.54, 1.807) is 24.8 Å². The maximum absolute atomic E-state index is 12.7. The van der Waals surface area contributed by atoms with Gasteiger partial charge in [-0.25, -0.2) is 15.0 Å². The van der Waals surface area contributed by atoms with Crippen molar-refractivity contribution in [1.29, 1.82) is 0 Å². The molecular formula is C24H22N6O. The highest BCUT2D eigenvalue weighted by Crippen LogP contribution is 2.29. The zero-order chi connectivity index (χ0) is 21.2. The Balaban J connectivity index is 1.29. The van der Waals surface area contributed by atoms with Gasteiger partial charge in [-0.2, -0.15) is 0 Å². The molecule has 7 heteroatoms. The van der Waals surface area contributed by atoms with Gasteiger partial charge in [0.25, 0.3) is 5.91 Å². The molecule has 0 spiro atoms. The van der Waals surface area contributed by atoms with Gasteiger partial charge in [-0.1, -0.05) is 0 Å². The van der Waals surface area contributed by atoms with Gasteiger partial charge in [-0.3, -0.25) is 14.8 Å². The summed E-state index contributed by atoms with van der Waals surface area (Å²) in [4.78, 5) is 36.4. The number of carbonyl (C=O) groups is 1. The highest BCUT2D eigenvalue weighted by molar-refractivity contribution is 5.92. The first kappa shape index (κ1) is 19.2. The monoisotopic (exact) mass is 410 g/mol. The fourth-order valence-electron chi connectivity index (χ4n) is 4.00. The lowest BCUT2D eigenvalue weighted by molar-refractivity contribution is 0.0705. The maximum atomic E-state index is 12.7. The van der Waals surface area contributed by atoms with E-state index in [4.69, 9.17) is 4.98 Å². The van der Waals surface area contributed by atoms with Crippen molar-refractivity contribution in [1.82, 2.24) is 29.8 Å². The molecule has 7 nitrogen and oxygen atoms in total. The molecule has 1 aliphatic heterocycles. The van der Waals surface area contributed by atoms with Gasteiger partial charge in [0, 0.05) is 60.4 Å². The average molecular weight is 410 g/mol. The van der Waals surface area contributed by atoms with E-state index in [1.165, 1.54) is 0 Å². The van der Waals surface area contributed by atoms with Crippen molar-refractivity contribution in [2.45, 2.75) is 25.7 Å². The number of nitrogens with zero attached hydrogens (tertiary/aromatic N) is 6. The number of amides is 1. The topological polar surface area (TPSA) is 84.8 Å². The van der Waals surface area contributed by atoms with E-state index < -0.39 is 0 Å². The molecular weight excluding hydrogens is 388 g/mol. The van der Waals surface area contributed by atoms with Crippen molar-refractivity contribution >= 4 is 16.9 Å². The third-order valence-corrected chi connectivity index (χ3v) is 5.78. The number of pyridine rings is 3. The molecule has 0 unspecified atom stereocenters. The number of hydrogen-bond donors (Lipinski definition) is 0. The molecule has 1 fully saturated rings. The molecule has 0 atom stereocenters. The van der Waals surface area contributed by atoms with E-state index in [9.17, 15) is 4.79 Å². The van der Waals surface area contributed by atoms with Gasteiger partial charge in [0.1, 0.15) is 5.69 Å². The van der Waals surface area contributed by atoms with Crippen LogP contribution in [0, 0.1) is 6.92 Å². The van der Waals surface area contributed by atoms with Crippen molar-refractivity contribution in [2.75, 3.05) is 13.1 Å². The Kier molecular flexibility index (Phi) is 5.08. The molecule has 0 bridgehead atoms. The largest absolute Gasteiger partial charge is 0.337 e. The number of likely N-dealkylation sites (tertiary alicyclic amines) is 1. The first-order valence-corrected chi connectivity index (χ1v) is 10.4. The van der Waals surface area contributed by atoms with Crippen LogP contribution < -0.4 is 0 Å². The molecule has 1 amide bonds. The molecule has 31 heavy (non-hydrogen) atoms. The van der Waals surface area contributed by atoms with Gasteiger partial charge in [-0.15, -0.1) is 0 Å². The van der Waals surface area contributed by atoms with Crippen molar-refractivity contribution in [3.8, 4) is 11.1 Å². The van der Waals surface area contributed by atoms with E-state index in [2.05, 4.69) is 38.1 Å². The Hall–Kier alpha value is -3.74. The second-order valence-electron chi connectivity index (χ2n) is 7.85. The van der Waals surface area contributed by atoms with Crippen LogP contribution in [0.25, 0.3) is 22.2 Å². The minimum absolute atomic E-state index is 0.0530. The Morgan fingerprint density at radius 3 is 2.48 bits per heavy atom. The zero-order valence-corrected chi connectivity index (χ0v) is 17.3. The minimum atomic E-state index is -0.0530. The standard InChI is InChI=1S/C24H22N6O/c1-16-13-27-22(15-26-16)24(31)30-10-6-18(7-11-30)21-3-2-19-12-20(14-28-23(19)29-21)17-4-8-25-9-5-17/h2-5,8-9,12-15,18H,6-7,10-11H2,1H3. The van der Waals surface area contributed by atoms with E-state index in [1.807, 2.05) is 30.2 Å². The van der Waals surface area contributed by atoms with Crippen LogP contribution in [0.2, 0.25) is 0 Å². The Morgan fingerprint density at radius 2 is 1.74 bits per heavy atom. The summed E-state index contributed by atoms with van der Waals surface area (Å²) in [6.07, 6.45) is 10.4. The number of fused-ring (bicyclic) bond motifs is 1. The molecule has 0 saturated carbocycles.